The minimum atomic E-state index is -0.384. The van der Waals surface area contributed by atoms with Crippen molar-refractivity contribution in [3.8, 4) is 0 Å². The molecule has 0 N–H and O–H groups in total. The molecule has 0 heterocycles. The van der Waals surface area contributed by atoms with Crippen LogP contribution in [-0.2, 0) is 33.2 Å². The number of rotatable bonds is 48. The fraction of sp³-hybridized carbons (Fsp3) is 0.920. The fourth-order valence-corrected chi connectivity index (χ4v) is 7.01. The van der Waals surface area contributed by atoms with Crippen LogP contribution in [0.2, 0.25) is 0 Å². The van der Waals surface area contributed by atoms with Crippen molar-refractivity contribution in [2.45, 2.75) is 258 Å². The van der Waals surface area contributed by atoms with Gasteiger partial charge in [0.2, 0.25) is 0 Å². The standard InChI is InChI=1S/C50H98O7/c1-7-43-53-49(54-44-8-2)41-37-33-29-25-21-17-13-11-15-19-23-27-31-35-39-47(51-5)57-48(52-6)40-36-32-28-24-20-16-12-14-18-22-26-30-34-38-42-50(55-45-9-3)56-46-10-4/h35-36,39-40,47-50H,7-34,37-38,41-46H2,1-6H3. The maximum Gasteiger partial charge on any atom is 0.179 e. The van der Waals surface area contributed by atoms with Gasteiger partial charge in [0.1, 0.15) is 0 Å². The third-order valence-corrected chi connectivity index (χ3v) is 10.5. The van der Waals surface area contributed by atoms with Gasteiger partial charge >= 0.3 is 0 Å². The predicted molar refractivity (Wildman–Crippen MR) is 243 cm³/mol. The van der Waals surface area contributed by atoms with Gasteiger partial charge in [-0.25, -0.2) is 0 Å². The average molecular weight is 811 g/mol. The van der Waals surface area contributed by atoms with Crippen molar-refractivity contribution >= 4 is 0 Å². The van der Waals surface area contributed by atoms with Gasteiger partial charge in [-0.05, 0) is 89.2 Å². The van der Waals surface area contributed by atoms with Gasteiger partial charge in [-0.3, -0.25) is 0 Å². The summed E-state index contributed by atoms with van der Waals surface area (Å²) in [5.41, 5.74) is 0. The van der Waals surface area contributed by atoms with Crippen molar-refractivity contribution in [2.75, 3.05) is 40.6 Å². The Balaban J connectivity index is 3.70. The van der Waals surface area contributed by atoms with Gasteiger partial charge in [-0.1, -0.05) is 168 Å². The maximum absolute atomic E-state index is 6.02. The van der Waals surface area contributed by atoms with Crippen LogP contribution in [0.25, 0.3) is 0 Å². The van der Waals surface area contributed by atoms with Crippen molar-refractivity contribution in [3.63, 3.8) is 0 Å². The summed E-state index contributed by atoms with van der Waals surface area (Å²) in [6.45, 7) is 11.8. The first-order valence-electron chi connectivity index (χ1n) is 24.7. The molecule has 0 aliphatic carbocycles. The molecule has 0 aromatic heterocycles. The predicted octanol–water partition coefficient (Wildman–Crippen LogP) is 15.3. The highest BCUT2D eigenvalue weighted by Crippen LogP contribution is 2.17. The van der Waals surface area contributed by atoms with E-state index in [-0.39, 0.29) is 25.2 Å². The maximum atomic E-state index is 6.02. The summed E-state index contributed by atoms with van der Waals surface area (Å²) >= 11 is 0. The Labute approximate surface area is 355 Å². The van der Waals surface area contributed by atoms with Gasteiger partial charge in [-0.15, -0.1) is 0 Å². The molecule has 0 rings (SSSR count). The molecule has 0 saturated carbocycles. The summed E-state index contributed by atoms with van der Waals surface area (Å²) < 4.78 is 40.5. The molecule has 0 fully saturated rings. The van der Waals surface area contributed by atoms with E-state index in [2.05, 4.69) is 39.8 Å². The molecule has 2 unspecified atom stereocenters. The Morgan fingerprint density at radius 1 is 0.333 bits per heavy atom. The molecule has 0 bridgehead atoms. The Morgan fingerprint density at radius 2 is 0.579 bits per heavy atom. The zero-order chi connectivity index (χ0) is 41.5. The molecule has 0 amide bonds. The summed E-state index contributed by atoms with van der Waals surface area (Å²) in [4.78, 5) is 0. The van der Waals surface area contributed by atoms with E-state index in [4.69, 9.17) is 33.2 Å². The van der Waals surface area contributed by atoms with Gasteiger partial charge in [0, 0.05) is 40.6 Å². The molecule has 0 radical (unpaired) electrons. The molecule has 0 aliphatic rings. The van der Waals surface area contributed by atoms with Crippen LogP contribution in [0.3, 0.4) is 0 Å². The minimum Gasteiger partial charge on any atom is -0.353 e. The van der Waals surface area contributed by atoms with Crippen LogP contribution in [0.5, 0.6) is 0 Å². The number of ether oxygens (including phenoxy) is 7. The summed E-state index contributed by atoms with van der Waals surface area (Å²) in [6, 6.07) is 0. The molecule has 2 atom stereocenters. The van der Waals surface area contributed by atoms with E-state index in [9.17, 15) is 0 Å². The second kappa shape index (κ2) is 47.9. The first-order chi connectivity index (χ1) is 28.1. The second-order valence-electron chi connectivity index (χ2n) is 16.2. The molecule has 0 saturated heterocycles. The molecule has 7 nitrogen and oxygen atoms in total. The minimum absolute atomic E-state index is 0.00723. The average Bonchev–Trinajstić information content (AvgIpc) is 3.23. The number of methoxy groups -OCH3 is 2. The highest BCUT2D eigenvalue weighted by molar-refractivity contribution is 4.89. The Hall–Kier alpha value is -0.800. The normalized spacial score (nSPS) is 13.3. The largest absolute Gasteiger partial charge is 0.353 e. The van der Waals surface area contributed by atoms with E-state index in [1.807, 2.05) is 12.2 Å². The number of allylic oxidation sites excluding steroid dienone is 2. The summed E-state index contributed by atoms with van der Waals surface area (Å²) in [7, 11) is 3.39. The van der Waals surface area contributed by atoms with Crippen molar-refractivity contribution in [2.24, 2.45) is 0 Å². The molecule has 0 aliphatic heterocycles. The summed E-state index contributed by atoms with van der Waals surface area (Å²) in [6.07, 6.45) is 48.1. The lowest BCUT2D eigenvalue weighted by Crippen LogP contribution is -2.22. The van der Waals surface area contributed by atoms with Gasteiger partial charge in [0.25, 0.3) is 0 Å². The third kappa shape index (κ3) is 41.7. The molecular formula is C50H98O7. The highest BCUT2D eigenvalue weighted by Gasteiger charge is 2.11. The van der Waals surface area contributed by atoms with Crippen LogP contribution in [0.1, 0.15) is 233 Å². The lowest BCUT2D eigenvalue weighted by atomic mass is 10.0. The van der Waals surface area contributed by atoms with Crippen molar-refractivity contribution in [1.82, 2.24) is 0 Å². The lowest BCUT2D eigenvalue weighted by molar-refractivity contribution is -0.188. The number of hydrogen-bond acceptors (Lipinski definition) is 7. The Kier molecular flexibility index (Phi) is 47.2. The van der Waals surface area contributed by atoms with E-state index in [0.717, 1.165) is 77.8 Å². The number of unbranched alkanes of at least 4 members (excludes halogenated alkanes) is 24. The fourth-order valence-electron chi connectivity index (χ4n) is 7.01. The molecule has 57 heavy (non-hydrogen) atoms. The van der Waals surface area contributed by atoms with E-state index in [1.54, 1.807) is 14.2 Å². The molecule has 7 heteroatoms. The molecule has 0 spiro atoms. The van der Waals surface area contributed by atoms with E-state index in [1.165, 1.54) is 154 Å². The van der Waals surface area contributed by atoms with Gasteiger partial charge in [0.05, 0.1) is 0 Å². The molecule has 0 aromatic rings. The Morgan fingerprint density at radius 3 is 0.825 bits per heavy atom. The molecular weight excluding hydrogens is 713 g/mol. The number of hydrogen-bond donors (Lipinski definition) is 0. The first kappa shape index (κ1) is 56.2. The summed E-state index contributed by atoms with van der Waals surface area (Å²) in [5.74, 6) is 0. The molecule has 340 valence electrons. The van der Waals surface area contributed by atoms with Crippen LogP contribution >= 0.6 is 0 Å². The zero-order valence-electron chi connectivity index (χ0n) is 38.9. The van der Waals surface area contributed by atoms with Crippen molar-refractivity contribution < 1.29 is 33.2 Å². The smallest absolute Gasteiger partial charge is 0.179 e. The van der Waals surface area contributed by atoms with Crippen LogP contribution < -0.4 is 0 Å². The monoisotopic (exact) mass is 811 g/mol. The molecule has 0 aromatic carbocycles. The summed E-state index contributed by atoms with van der Waals surface area (Å²) in [5, 5.41) is 0. The van der Waals surface area contributed by atoms with E-state index in [0.29, 0.717) is 0 Å². The zero-order valence-corrected chi connectivity index (χ0v) is 38.9. The second-order valence-corrected chi connectivity index (χ2v) is 16.2. The van der Waals surface area contributed by atoms with Crippen molar-refractivity contribution in [1.29, 1.82) is 0 Å². The first-order valence-corrected chi connectivity index (χ1v) is 24.7. The highest BCUT2D eigenvalue weighted by atomic mass is 16.8. The topological polar surface area (TPSA) is 64.6 Å². The Bertz CT molecular complexity index is 726. The van der Waals surface area contributed by atoms with Crippen molar-refractivity contribution in [3.05, 3.63) is 24.3 Å². The van der Waals surface area contributed by atoms with Gasteiger partial charge < -0.3 is 33.2 Å². The van der Waals surface area contributed by atoms with Crippen LogP contribution in [-0.4, -0.2) is 65.8 Å². The van der Waals surface area contributed by atoms with Crippen LogP contribution in [0.15, 0.2) is 24.3 Å². The van der Waals surface area contributed by atoms with Gasteiger partial charge in [-0.2, -0.15) is 0 Å². The van der Waals surface area contributed by atoms with E-state index >= 15 is 0 Å². The van der Waals surface area contributed by atoms with Gasteiger partial charge in [0.15, 0.2) is 25.2 Å². The van der Waals surface area contributed by atoms with E-state index < -0.39 is 0 Å². The lowest BCUT2D eigenvalue weighted by Gasteiger charge is -2.18. The quantitative estimate of drug-likeness (QED) is 0.0344. The van der Waals surface area contributed by atoms with Crippen LogP contribution in [0, 0.1) is 0 Å². The van der Waals surface area contributed by atoms with Crippen LogP contribution in [0.4, 0.5) is 0 Å². The SMILES string of the molecule is CCCOC(CCCCCCCCCCCCCCC=CC(OC)OC(C=CCCCCCCCCCCCCCCC(OCCC)OCCC)OC)OCCC. The third-order valence-electron chi connectivity index (χ3n) is 10.5.